The van der Waals surface area contributed by atoms with Crippen LogP contribution in [0.25, 0.3) is 21.5 Å². The molecule has 0 aliphatic rings. The van der Waals surface area contributed by atoms with E-state index in [1.54, 1.807) is 34.3 Å². The number of nitro benzene ring substituents is 1. The number of thiophene rings is 1. The monoisotopic (exact) mass is 499 g/mol. The molecule has 9 nitrogen and oxygen atoms in total. The zero-order valence-electron chi connectivity index (χ0n) is 19.5. The van der Waals surface area contributed by atoms with Gasteiger partial charge in [0.15, 0.2) is 5.65 Å². The molecule has 1 N–H and O–H groups in total. The second-order valence-electron chi connectivity index (χ2n) is 8.22. The van der Waals surface area contributed by atoms with Gasteiger partial charge in [0.2, 0.25) is 5.91 Å². The molecule has 3 heterocycles. The van der Waals surface area contributed by atoms with E-state index in [4.69, 9.17) is 4.74 Å². The maximum atomic E-state index is 12.9. The number of non-ortho nitro benzene ring substituents is 1. The number of ether oxygens (including phenoxy) is 1. The molecule has 5 aromatic rings. The number of hydrogen-bond donors (Lipinski definition) is 1. The summed E-state index contributed by atoms with van der Waals surface area (Å²) in [6.45, 7) is 3.69. The van der Waals surface area contributed by atoms with Gasteiger partial charge in [-0.1, -0.05) is 18.2 Å². The van der Waals surface area contributed by atoms with Gasteiger partial charge in [-0.25, -0.2) is 9.67 Å². The third-order valence-corrected chi connectivity index (χ3v) is 6.40. The molecule has 0 fully saturated rings. The molecule has 3 aromatic heterocycles. The number of benzene rings is 2. The molecule has 36 heavy (non-hydrogen) atoms. The van der Waals surface area contributed by atoms with Crippen LogP contribution in [-0.2, 0) is 11.3 Å². The van der Waals surface area contributed by atoms with Crippen molar-refractivity contribution in [1.29, 1.82) is 0 Å². The van der Waals surface area contributed by atoms with E-state index in [-0.39, 0.29) is 23.7 Å². The first-order chi connectivity index (χ1) is 17.4. The van der Waals surface area contributed by atoms with Crippen LogP contribution in [0.2, 0.25) is 0 Å². The number of nitro groups is 1. The Labute approximate surface area is 210 Å². The standard InChI is InChI=1S/C26H21N5O4S/c1-16-5-3-6-20(11-16)35-21-13-18(12-19(14-21)31(33)34)28-24(32)15-30-26-25(17(2)29-30)22(8-9-27-26)23-7-4-10-36-23/h3-14H,15H2,1-2H3,(H,28,32). The van der Waals surface area contributed by atoms with E-state index in [0.29, 0.717) is 11.4 Å². The number of hydrogen-bond acceptors (Lipinski definition) is 7. The molecule has 0 aliphatic carbocycles. The van der Waals surface area contributed by atoms with Crippen LogP contribution < -0.4 is 10.1 Å². The molecule has 180 valence electrons. The van der Waals surface area contributed by atoms with E-state index in [0.717, 1.165) is 27.1 Å². The Balaban J connectivity index is 1.40. The fourth-order valence-corrected chi connectivity index (χ4v) is 4.76. The molecule has 0 saturated heterocycles. The molecule has 0 unspecified atom stereocenters. The van der Waals surface area contributed by atoms with Crippen molar-refractivity contribution in [3.63, 3.8) is 0 Å². The molecule has 0 saturated carbocycles. The fourth-order valence-electron chi connectivity index (χ4n) is 4.00. The predicted molar refractivity (Wildman–Crippen MR) is 139 cm³/mol. The molecule has 0 atom stereocenters. The Morgan fingerprint density at radius 2 is 1.97 bits per heavy atom. The number of nitrogens with zero attached hydrogens (tertiary/aromatic N) is 4. The summed E-state index contributed by atoms with van der Waals surface area (Å²) in [4.78, 5) is 29.4. The van der Waals surface area contributed by atoms with E-state index in [9.17, 15) is 14.9 Å². The summed E-state index contributed by atoms with van der Waals surface area (Å²) in [6.07, 6.45) is 1.70. The van der Waals surface area contributed by atoms with Gasteiger partial charge in [0.25, 0.3) is 5.69 Å². The number of fused-ring (bicyclic) bond motifs is 1. The topological polar surface area (TPSA) is 112 Å². The number of anilines is 1. The lowest BCUT2D eigenvalue weighted by Gasteiger charge is -2.10. The third-order valence-electron chi connectivity index (χ3n) is 5.50. The maximum absolute atomic E-state index is 12.9. The molecule has 0 spiro atoms. The number of aryl methyl sites for hydroxylation is 2. The van der Waals surface area contributed by atoms with Crippen molar-refractivity contribution >= 4 is 39.7 Å². The van der Waals surface area contributed by atoms with Crippen molar-refractivity contribution in [2.45, 2.75) is 20.4 Å². The molecule has 0 bridgehead atoms. The highest BCUT2D eigenvalue weighted by Crippen LogP contribution is 2.33. The molecule has 10 heteroatoms. The normalized spacial score (nSPS) is 10.9. The van der Waals surface area contributed by atoms with Crippen molar-refractivity contribution in [1.82, 2.24) is 14.8 Å². The van der Waals surface area contributed by atoms with E-state index >= 15 is 0 Å². The molecule has 0 aliphatic heterocycles. The lowest BCUT2D eigenvalue weighted by molar-refractivity contribution is -0.384. The number of nitrogens with one attached hydrogen (secondary N) is 1. The highest BCUT2D eigenvalue weighted by Gasteiger charge is 2.18. The highest BCUT2D eigenvalue weighted by molar-refractivity contribution is 7.13. The summed E-state index contributed by atoms with van der Waals surface area (Å²) in [6, 6.07) is 17.4. The summed E-state index contributed by atoms with van der Waals surface area (Å²) in [7, 11) is 0. The summed E-state index contributed by atoms with van der Waals surface area (Å²) in [5.74, 6) is 0.386. The van der Waals surface area contributed by atoms with Crippen LogP contribution in [0.1, 0.15) is 11.3 Å². The molecular weight excluding hydrogens is 478 g/mol. The Morgan fingerprint density at radius 1 is 1.11 bits per heavy atom. The maximum Gasteiger partial charge on any atom is 0.275 e. The van der Waals surface area contributed by atoms with Gasteiger partial charge < -0.3 is 10.1 Å². The molecule has 1 amide bonds. The Hall–Kier alpha value is -4.57. The van der Waals surface area contributed by atoms with Crippen LogP contribution in [0.15, 0.2) is 72.2 Å². The van der Waals surface area contributed by atoms with Gasteiger partial charge in [-0.15, -0.1) is 11.3 Å². The zero-order valence-corrected chi connectivity index (χ0v) is 20.3. The average molecular weight is 500 g/mol. The minimum Gasteiger partial charge on any atom is -0.457 e. The molecule has 0 radical (unpaired) electrons. The zero-order chi connectivity index (χ0) is 25.2. The lowest BCUT2D eigenvalue weighted by Crippen LogP contribution is -2.20. The van der Waals surface area contributed by atoms with E-state index < -0.39 is 10.8 Å². The van der Waals surface area contributed by atoms with Crippen molar-refractivity contribution in [3.05, 3.63) is 93.6 Å². The van der Waals surface area contributed by atoms with Crippen LogP contribution in [0, 0.1) is 24.0 Å². The number of amides is 1. The number of aromatic nitrogens is 3. The summed E-state index contributed by atoms with van der Waals surface area (Å²) in [5, 5.41) is 21.6. The average Bonchev–Trinajstić information content (AvgIpc) is 3.48. The minimum atomic E-state index is -0.529. The van der Waals surface area contributed by atoms with Gasteiger partial charge in [0.05, 0.1) is 27.8 Å². The second kappa shape index (κ2) is 9.59. The van der Waals surface area contributed by atoms with E-state index in [1.807, 2.05) is 55.6 Å². The van der Waals surface area contributed by atoms with Crippen LogP contribution in [0.5, 0.6) is 11.5 Å². The summed E-state index contributed by atoms with van der Waals surface area (Å²) < 4.78 is 7.36. The SMILES string of the molecule is Cc1cccc(Oc2cc(NC(=O)Cn3nc(C)c4c(-c5cccs5)ccnc43)cc([N+](=O)[O-])c2)c1. The summed E-state index contributed by atoms with van der Waals surface area (Å²) in [5.41, 5.74) is 3.41. The van der Waals surface area contributed by atoms with Gasteiger partial charge in [-0.2, -0.15) is 5.10 Å². The first-order valence-corrected chi connectivity index (χ1v) is 12.0. The quantitative estimate of drug-likeness (QED) is 0.213. The smallest absolute Gasteiger partial charge is 0.275 e. The van der Waals surface area contributed by atoms with Crippen molar-refractivity contribution < 1.29 is 14.5 Å². The Kier molecular flexibility index (Phi) is 6.17. The van der Waals surface area contributed by atoms with Crippen LogP contribution in [-0.4, -0.2) is 25.6 Å². The first kappa shape index (κ1) is 23.2. The number of carbonyl (C=O) groups is 1. The van der Waals surface area contributed by atoms with Crippen molar-refractivity contribution in [2.24, 2.45) is 0 Å². The minimum absolute atomic E-state index is 0.109. The van der Waals surface area contributed by atoms with Gasteiger partial charge in [0, 0.05) is 28.8 Å². The molecular formula is C26H21N5O4S. The van der Waals surface area contributed by atoms with Gasteiger partial charge in [-0.3, -0.25) is 14.9 Å². The van der Waals surface area contributed by atoms with Gasteiger partial charge in [0.1, 0.15) is 18.0 Å². The third kappa shape index (κ3) is 4.80. The number of rotatable bonds is 7. The predicted octanol–water partition coefficient (Wildman–Crippen LogP) is 6.12. The molecule has 5 rings (SSSR count). The van der Waals surface area contributed by atoms with E-state index in [2.05, 4.69) is 15.4 Å². The Bertz CT molecular complexity index is 1590. The first-order valence-electron chi connectivity index (χ1n) is 11.1. The van der Waals surface area contributed by atoms with Gasteiger partial charge in [-0.05, 0) is 49.1 Å². The largest absolute Gasteiger partial charge is 0.457 e. The van der Waals surface area contributed by atoms with Crippen LogP contribution in [0.4, 0.5) is 11.4 Å². The number of pyridine rings is 1. The van der Waals surface area contributed by atoms with Crippen LogP contribution >= 0.6 is 11.3 Å². The second-order valence-corrected chi connectivity index (χ2v) is 9.16. The highest BCUT2D eigenvalue weighted by atomic mass is 32.1. The number of carbonyl (C=O) groups excluding carboxylic acids is 1. The van der Waals surface area contributed by atoms with E-state index in [1.165, 1.54) is 12.1 Å². The van der Waals surface area contributed by atoms with Crippen molar-refractivity contribution in [3.8, 4) is 21.9 Å². The lowest BCUT2D eigenvalue weighted by atomic mass is 10.1. The van der Waals surface area contributed by atoms with Crippen molar-refractivity contribution in [2.75, 3.05) is 5.32 Å². The summed E-state index contributed by atoms with van der Waals surface area (Å²) >= 11 is 1.62. The van der Waals surface area contributed by atoms with Crippen LogP contribution in [0.3, 0.4) is 0 Å². The Morgan fingerprint density at radius 3 is 2.72 bits per heavy atom. The fraction of sp³-hybridized carbons (Fsp3) is 0.115. The molecule has 2 aromatic carbocycles. The van der Waals surface area contributed by atoms with Gasteiger partial charge >= 0.3 is 0 Å².